The highest BCUT2D eigenvalue weighted by Crippen LogP contribution is 2.36. The predicted octanol–water partition coefficient (Wildman–Crippen LogP) is 3.01. The highest BCUT2D eigenvalue weighted by atomic mass is 127. The number of hydrogen-bond acceptors (Lipinski definition) is 2. The summed E-state index contributed by atoms with van der Waals surface area (Å²) in [6.45, 7) is 0. The van der Waals surface area contributed by atoms with Crippen LogP contribution in [0.2, 0.25) is 0 Å². The Morgan fingerprint density at radius 1 is 1.29 bits per heavy atom. The first kappa shape index (κ1) is 10.8. The lowest BCUT2D eigenvalue weighted by Gasteiger charge is -2.32. The molecular weight excluding hydrogens is 307 g/mol. The molecule has 1 saturated heterocycles. The van der Waals surface area contributed by atoms with Gasteiger partial charge in [-0.2, -0.15) is 11.8 Å². The van der Waals surface area contributed by atoms with Gasteiger partial charge in [0.1, 0.15) is 0 Å². The first-order chi connectivity index (χ1) is 6.71. The molecule has 76 valence electrons. The standard InChI is InChI=1S/C11H13IOS/c12-10-3-1-2-9(8-10)11(13)4-6-14-7-5-11/h1-3,8,13H,4-7H2. The minimum atomic E-state index is -0.563. The molecule has 0 amide bonds. The molecule has 1 aromatic rings. The fourth-order valence-corrected chi connectivity index (χ4v) is 3.49. The molecule has 0 aliphatic carbocycles. The van der Waals surface area contributed by atoms with Crippen LogP contribution in [0.15, 0.2) is 24.3 Å². The summed E-state index contributed by atoms with van der Waals surface area (Å²) in [7, 11) is 0. The van der Waals surface area contributed by atoms with Crippen molar-refractivity contribution in [3.05, 3.63) is 33.4 Å². The molecule has 1 fully saturated rings. The van der Waals surface area contributed by atoms with E-state index in [1.165, 1.54) is 3.57 Å². The monoisotopic (exact) mass is 320 g/mol. The van der Waals surface area contributed by atoms with Crippen LogP contribution in [0.4, 0.5) is 0 Å². The molecule has 3 heteroatoms. The Labute approximate surface area is 102 Å². The van der Waals surface area contributed by atoms with Crippen molar-refractivity contribution in [2.45, 2.75) is 18.4 Å². The summed E-state index contributed by atoms with van der Waals surface area (Å²) in [5.41, 5.74) is 0.525. The van der Waals surface area contributed by atoms with Gasteiger partial charge in [-0.3, -0.25) is 0 Å². The van der Waals surface area contributed by atoms with Gasteiger partial charge in [-0.05, 0) is 64.6 Å². The van der Waals surface area contributed by atoms with Crippen molar-refractivity contribution in [3.63, 3.8) is 0 Å². The Bertz CT molecular complexity index is 321. The molecule has 0 saturated carbocycles. The lowest BCUT2D eigenvalue weighted by molar-refractivity contribution is 0.0280. The van der Waals surface area contributed by atoms with Gasteiger partial charge in [0.05, 0.1) is 5.60 Å². The zero-order valence-corrected chi connectivity index (χ0v) is 10.8. The molecular formula is C11H13IOS. The molecule has 1 aliphatic rings. The second kappa shape index (κ2) is 4.41. The summed E-state index contributed by atoms with van der Waals surface area (Å²) in [5, 5.41) is 10.5. The summed E-state index contributed by atoms with van der Waals surface area (Å²) in [6, 6.07) is 8.22. The molecule has 0 unspecified atom stereocenters. The Balaban J connectivity index is 2.28. The Morgan fingerprint density at radius 3 is 2.64 bits per heavy atom. The van der Waals surface area contributed by atoms with Crippen LogP contribution in [0, 0.1) is 3.57 Å². The number of thioether (sulfide) groups is 1. The molecule has 1 nitrogen and oxygen atoms in total. The minimum absolute atomic E-state index is 0.563. The number of halogens is 1. The highest BCUT2D eigenvalue weighted by Gasteiger charge is 2.31. The normalized spacial score (nSPS) is 20.7. The molecule has 1 N–H and O–H groups in total. The van der Waals surface area contributed by atoms with E-state index < -0.39 is 5.60 Å². The molecule has 1 aliphatic heterocycles. The number of hydrogen-bond donors (Lipinski definition) is 1. The van der Waals surface area contributed by atoms with E-state index in [1.807, 2.05) is 23.9 Å². The van der Waals surface area contributed by atoms with Crippen molar-refractivity contribution < 1.29 is 5.11 Å². The lowest BCUT2D eigenvalue weighted by atomic mass is 9.88. The smallest absolute Gasteiger partial charge is 0.0912 e. The first-order valence-corrected chi connectivity index (χ1v) is 7.00. The number of aliphatic hydroxyl groups is 1. The average molecular weight is 320 g/mol. The molecule has 0 atom stereocenters. The van der Waals surface area contributed by atoms with Gasteiger partial charge >= 0.3 is 0 Å². The van der Waals surface area contributed by atoms with Crippen LogP contribution in [-0.2, 0) is 5.60 Å². The van der Waals surface area contributed by atoms with Crippen LogP contribution >= 0.6 is 34.4 Å². The summed E-state index contributed by atoms with van der Waals surface area (Å²) >= 11 is 4.23. The van der Waals surface area contributed by atoms with E-state index in [-0.39, 0.29) is 0 Å². The Hall–Kier alpha value is 0.260. The zero-order valence-electron chi connectivity index (χ0n) is 7.87. The van der Waals surface area contributed by atoms with E-state index in [1.54, 1.807) is 0 Å². The maximum absolute atomic E-state index is 10.5. The van der Waals surface area contributed by atoms with Gasteiger partial charge in [-0.25, -0.2) is 0 Å². The topological polar surface area (TPSA) is 20.2 Å². The average Bonchev–Trinajstić information content (AvgIpc) is 2.19. The summed E-state index contributed by atoms with van der Waals surface area (Å²) in [6.07, 6.45) is 1.77. The third-order valence-electron chi connectivity index (χ3n) is 2.68. The van der Waals surface area contributed by atoms with E-state index in [9.17, 15) is 5.11 Å². The third-order valence-corrected chi connectivity index (χ3v) is 4.34. The molecule has 0 bridgehead atoms. The van der Waals surface area contributed by atoms with Gasteiger partial charge in [0.25, 0.3) is 0 Å². The second-order valence-corrected chi connectivity index (χ2v) is 6.12. The highest BCUT2D eigenvalue weighted by molar-refractivity contribution is 14.1. The third kappa shape index (κ3) is 2.25. The maximum Gasteiger partial charge on any atom is 0.0912 e. The van der Waals surface area contributed by atoms with E-state index in [0.29, 0.717) is 0 Å². The van der Waals surface area contributed by atoms with Crippen LogP contribution in [0.3, 0.4) is 0 Å². The molecule has 0 aromatic heterocycles. The quantitative estimate of drug-likeness (QED) is 0.803. The molecule has 1 aromatic carbocycles. The van der Waals surface area contributed by atoms with Gasteiger partial charge in [0, 0.05) is 3.57 Å². The molecule has 0 spiro atoms. The van der Waals surface area contributed by atoms with E-state index in [2.05, 4.69) is 34.7 Å². The van der Waals surface area contributed by atoms with Crippen LogP contribution in [0.25, 0.3) is 0 Å². The second-order valence-electron chi connectivity index (χ2n) is 3.65. The van der Waals surface area contributed by atoms with E-state index in [0.717, 1.165) is 29.9 Å². The van der Waals surface area contributed by atoms with Crippen LogP contribution in [-0.4, -0.2) is 16.6 Å². The van der Waals surface area contributed by atoms with Crippen LogP contribution < -0.4 is 0 Å². The number of benzene rings is 1. The lowest BCUT2D eigenvalue weighted by Crippen LogP contribution is -2.30. The Kier molecular flexibility index (Phi) is 3.39. The summed E-state index contributed by atoms with van der Waals surface area (Å²) in [5.74, 6) is 2.14. The molecule has 2 rings (SSSR count). The zero-order chi connectivity index (χ0) is 10.0. The minimum Gasteiger partial charge on any atom is -0.385 e. The van der Waals surface area contributed by atoms with Crippen LogP contribution in [0.5, 0.6) is 0 Å². The van der Waals surface area contributed by atoms with Gasteiger partial charge in [-0.1, -0.05) is 12.1 Å². The van der Waals surface area contributed by atoms with E-state index in [4.69, 9.17) is 0 Å². The SMILES string of the molecule is OC1(c2cccc(I)c2)CCSCC1. The summed E-state index contributed by atoms with van der Waals surface area (Å²) in [4.78, 5) is 0. The van der Waals surface area contributed by atoms with Gasteiger partial charge in [0.15, 0.2) is 0 Å². The maximum atomic E-state index is 10.5. The van der Waals surface area contributed by atoms with Crippen molar-refractivity contribution in [3.8, 4) is 0 Å². The van der Waals surface area contributed by atoms with Gasteiger partial charge in [0.2, 0.25) is 0 Å². The number of rotatable bonds is 1. The van der Waals surface area contributed by atoms with Crippen LogP contribution in [0.1, 0.15) is 18.4 Å². The van der Waals surface area contributed by atoms with Crippen molar-refractivity contribution in [2.75, 3.05) is 11.5 Å². The summed E-state index contributed by atoms with van der Waals surface area (Å²) < 4.78 is 1.20. The van der Waals surface area contributed by atoms with Crippen molar-refractivity contribution in [2.24, 2.45) is 0 Å². The van der Waals surface area contributed by atoms with Crippen molar-refractivity contribution >= 4 is 34.4 Å². The Morgan fingerprint density at radius 2 is 2.00 bits per heavy atom. The molecule has 0 radical (unpaired) electrons. The molecule has 14 heavy (non-hydrogen) atoms. The van der Waals surface area contributed by atoms with Crippen molar-refractivity contribution in [1.29, 1.82) is 0 Å². The first-order valence-electron chi connectivity index (χ1n) is 4.77. The van der Waals surface area contributed by atoms with E-state index >= 15 is 0 Å². The molecule has 1 heterocycles. The fourth-order valence-electron chi connectivity index (χ4n) is 1.78. The fraction of sp³-hybridized carbons (Fsp3) is 0.455. The predicted molar refractivity (Wildman–Crippen MR) is 69.6 cm³/mol. The largest absolute Gasteiger partial charge is 0.385 e. The van der Waals surface area contributed by atoms with Gasteiger partial charge in [-0.15, -0.1) is 0 Å². The van der Waals surface area contributed by atoms with Crippen molar-refractivity contribution in [1.82, 2.24) is 0 Å². The van der Waals surface area contributed by atoms with Gasteiger partial charge < -0.3 is 5.11 Å².